The number of aliphatic imine (C=N–C) groups is 1. The van der Waals surface area contributed by atoms with E-state index in [1.807, 2.05) is 14.1 Å². The van der Waals surface area contributed by atoms with E-state index < -0.39 is 0 Å². The van der Waals surface area contributed by atoms with Crippen LogP contribution in [0.1, 0.15) is 38.5 Å². The second-order valence-electron chi connectivity index (χ2n) is 5.47. The Balaban J connectivity index is 1.85. The van der Waals surface area contributed by atoms with Crippen molar-refractivity contribution in [1.82, 2.24) is 4.90 Å². The molecule has 0 aromatic heterocycles. The van der Waals surface area contributed by atoms with Gasteiger partial charge in [0.2, 0.25) is 0 Å². The molecule has 2 aliphatic rings. The molecular formula is C13H25N3O2. The Morgan fingerprint density at radius 3 is 2.56 bits per heavy atom. The SMILES string of the molecule is CN(C)C(N)=NCC1COC2(CCCCCC2)O1. The van der Waals surface area contributed by atoms with Gasteiger partial charge in [-0.05, 0) is 12.8 Å². The summed E-state index contributed by atoms with van der Waals surface area (Å²) in [5.74, 6) is 0.226. The van der Waals surface area contributed by atoms with Crippen molar-refractivity contribution >= 4 is 5.96 Å². The van der Waals surface area contributed by atoms with Gasteiger partial charge >= 0.3 is 0 Å². The van der Waals surface area contributed by atoms with Crippen molar-refractivity contribution in [2.45, 2.75) is 50.4 Å². The summed E-state index contributed by atoms with van der Waals surface area (Å²) in [5.41, 5.74) is 5.77. The van der Waals surface area contributed by atoms with Crippen LogP contribution in [-0.4, -0.2) is 50.0 Å². The second-order valence-corrected chi connectivity index (χ2v) is 5.47. The number of hydrogen-bond acceptors (Lipinski definition) is 3. The second kappa shape index (κ2) is 5.89. The highest BCUT2D eigenvalue weighted by Gasteiger charge is 2.41. The molecule has 1 saturated heterocycles. The summed E-state index contributed by atoms with van der Waals surface area (Å²) in [7, 11) is 3.77. The maximum atomic E-state index is 6.10. The molecule has 5 nitrogen and oxygen atoms in total. The molecule has 0 aromatic carbocycles. The lowest BCUT2D eigenvalue weighted by Crippen LogP contribution is -2.33. The Labute approximate surface area is 109 Å². The van der Waals surface area contributed by atoms with E-state index in [1.54, 1.807) is 4.90 Å². The maximum Gasteiger partial charge on any atom is 0.190 e. The van der Waals surface area contributed by atoms with Crippen LogP contribution in [0.15, 0.2) is 4.99 Å². The van der Waals surface area contributed by atoms with Crippen molar-refractivity contribution in [2.75, 3.05) is 27.2 Å². The van der Waals surface area contributed by atoms with Gasteiger partial charge in [0.25, 0.3) is 0 Å². The Hall–Kier alpha value is -0.810. The summed E-state index contributed by atoms with van der Waals surface area (Å²) in [6.07, 6.45) is 7.11. The summed E-state index contributed by atoms with van der Waals surface area (Å²) in [5, 5.41) is 0. The molecule has 1 aliphatic carbocycles. The highest BCUT2D eigenvalue weighted by atomic mass is 16.7. The molecule has 2 rings (SSSR count). The number of guanidine groups is 1. The largest absolute Gasteiger partial charge is 0.370 e. The fourth-order valence-corrected chi connectivity index (χ4v) is 2.57. The number of nitrogens with two attached hydrogens (primary N) is 1. The lowest BCUT2D eigenvalue weighted by molar-refractivity contribution is -0.174. The summed E-state index contributed by atoms with van der Waals surface area (Å²) in [4.78, 5) is 6.13. The van der Waals surface area contributed by atoms with Gasteiger partial charge in [-0.15, -0.1) is 0 Å². The lowest BCUT2D eigenvalue weighted by atomic mass is 10.1. The third-order valence-corrected chi connectivity index (χ3v) is 3.69. The predicted octanol–water partition coefficient (Wildman–Crippen LogP) is 1.33. The minimum atomic E-state index is -0.316. The third-order valence-electron chi connectivity index (χ3n) is 3.69. The van der Waals surface area contributed by atoms with E-state index in [-0.39, 0.29) is 11.9 Å². The zero-order chi connectivity index (χ0) is 13.0. The maximum absolute atomic E-state index is 6.10. The van der Waals surface area contributed by atoms with Gasteiger partial charge < -0.3 is 20.1 Å². The quantitative estimate of drug-likeness (QED) is 0.597. The average Bonchev–Trinajstić information content (AvgIpc) is 2.59. The number of nitrogens with zero attached hydrogens (tertiary/aromatic N) is 2. The van der Waals surface area contributed by atoms with Gasteiger partial charge in [0.15, 0.2) is 11.7 Å². The smallest absolute Gasteiger partial charge is 0.190 e. The van der Waals surface area contributed by atoms with Crippen molar-refractivity contribution in [3.63, 3.8) is 0 Å². The molecule has 2 N–H and O–H groups in total. The van der Waals surface area contributed by atoms with Gasteiger partial charge in [0.05, 0.1) is 13.2 Å². The molecule has 5 heteroatoms. The van der Waals surface area contributed by atoms with Crippen LogP contribution >= 0.6 is 0 Å². The first kappa shape index (κ1) is 13.6. The topological polar surface area (TPSA) is 60.1 Å². The van der Waals surface area contributed by atoms with E-state index in [9.17, 15) is 0 Å². The first-order valence-electron chi connectivity index (χ1n) is 6.90. The van der Waals surface area contributed by atoms with E-state index in [1.165, 1.54) is 25.7 Å². The standard InChI is InChI=1S/C13H25N3O2/c1-16(2)12(14)15-9-11-10-17-13(18-11)7-5-3-4-6-8-13/h11H,3-10H2,1-2H3,(H2,14,15). The van der Waals surface area contributed by atoms with Gasteiger partial charge in [-0.1, -0.05) is 12.8 Å². The molecule has 0 radical (unpaired) electrons. The highest BCUT2D eigenvalue weighted by molar-refractivity contribution is 5.77. The Kier molecular flexibility index (Phi) is 4.45. The van der Waals surface area contributed by atoms with Crippen LogP contribution < -0.4 is 5.73 Å². The van der Waals surface area contributed by atoms with Crippen LogP contribution in [0, 0.1) is 0 Å². The van der Waals surface area contributed by atoms with Crippen molar-refractivity contribution in [3.05, 3.63) is 0 Å². The van der Waals surface area contributed by atoms with E-state index in [2.05, 4.69) is 4.99 Å². The van der Waals surface area contributed by atoms with Crippen LogP contribution in [0.3, 0.4) is 0 Å². The van der Waals surface area contributed by atoms with Gasteiger partial charge in [0.1, 0.15) is 6.10 Å². The summed E-state index contributed by atoms with van der Waals surface area (Å²) in [6.45, 7) is 1.23. The Morgan fingerprint density at radius 2 is 1.94 bits per heavy atom. The molecule has 0 bridgehead atoms. The van der Waals surface area contributed by atoms with Crippen molar-refractivity contribution < 1.29 is 9.47 Å². The molecule has 2 fully saturated rings. The van der Waals surface area contributed by atoms with Gasteiger partial charge in [0, 0.05) is 26.9 Å². The predicted molar refractivity (Wildman–Crippen MR) is 71.4 cm³/mol. The highest BCUT2D eigenvalue weighted by Crippen LogP contribution is 2.36. The van der Waals surface area contributed by atoms with Crippen molar-refractivity contribution in [1.29, 1.82) is 0 Å². The first-order valence-corrected chi connectivity index (χ1v) is 6.90. The lowest BCUT2D eigenvalue weighted by Gasteiger charge is -2.26. The molecule has 1 aliphatic heterocycles. The monoisotopic (exact) mass is 255 g/mol. The molecule has 1 spiro atoms. The number of rotatable bonds is 2. The fraction of sp³-hybridized carbons (Fsp3) is 0.923. The van der Waals surface area contributed by atoms with Crippen LogP contribution in [-0.2, 0) is 9.47 Å². The molecule has 1 atom stereocenters. The van der Waals surface area contributed by atoms with E-state index >= 15 is 0 Å². The minimum Gasteiger partial charge on any atom is -0.370 e. The molecule has 18 heavy (non-hydrogen) atoms. The van der Waals surface area contributed by atoms with E-state index in [0.717, 1.165) is 12.8 Å². The molecule has 1 saturated carbocycles. The van der Waals surface area contributed by atoms with E-state index in [4.69, 9.17) is 15.2 Å². The molecule has 1 heterocycles. The van der Waals surface area contributed by atoms with Crippen molar-refractivity contribution in [3.8, 4) is 0 Å². The van der Waals surface area contributed by atoms with Gasteiger partial charge in [-0.2, -0.15) is 0 Å². The molecule has 1 unspecified atom stereocenters. The van der Waals surface area contributed by atoms with Crippen LogP contribution in [0.2, 0.25) is 0 Å². The number of hydrogen-bond donors (Lipinski definition) is 1. The van der Waals surface area contributed by atoms with E-state index in [0.29, 0.717) is 19.1 Å². The summed E-state index contributed by atoms with van der Waals surface area (Å²) < 4.78 is 12.0. The summed E-state index contributed by atoms with van der Waals surface area (Å²) >= 11 is 0. The molecular weight excluding hydrogens is 230 g/mol. The van der Waals surface area contributed by atoms with Crippen LogP contribution in [0.4, 0.5) is 0 Å². The minimum absolute atomic E-state index is 0.0570. The van der Waals surface area contributed by atoms with Gasteiger partial charge in [-0.25, -0.2) is 0 Å². The fourth-order valence-electron chi connectivity index (χ4n) is 2.57. The zero-order valence-corrected chi connectivity index (χ0v) is 11.5. The van der Waals surface area contributed by atoms with Gasteiger partial charge in [-0.3, -0.25) is 4.99 Å². The number of ether oxygens (including phenoxy) is 2. The molecule has 0 amide bonds. The Bertz CT molecular complexity index is 297. The zero-order valence-electron chi connectivity index (χ0n) is 11.5. The first-order chi connectivity index (χ1) is 8.61. The third kappa shape index (κ3) is 3.36. The van der Waals surface area contributed by atoms with Crippen molar-refractivity contribution in [2.24, 2.45) is 10.7 Å². The normalized spacial score (nSPS) is 28.3. The molecule has 0 aromatic rings. The Morgan fingerprint density at radius 1 is 1.28 bits per heavy atom. The molecule has 104 valence electrons. The summed E-state index contributed by atoms with van der Waals surface area (Å²) in [6, 6.07) is 0. The average molecular weight is 255 g/mol. The van der Waals surface area contributed by atoms with Crippen LogP contribution in [0.5, 0.6) is 0 Å². The van der Waals surface area contributed by atoms with Crippen LogP contribution in [0.25, 0.3) is 0 Å².